The zero-order valence-corrected chi connectivity index (χ0v) is 16.8. The Bertz CT molecular complexity index is 875. The van der Waals surface area contributed by atoms with Gasteiger partial charge in [0.2, 0.25) is 5.91 Å². The second-order valence-corrected chi connectivity index (χ2v) is 7.72. The molecule has 1 N–H and O–H groups in total. The Labute approximate surface area is 166 Å². The van der Waals surface area contributed by atoms with Crippen molar-refractivity contribution in [2.45, 2.75) is 45.4 Å². The van der Waals surface area contributed by atoms with Gasteiger partial charge in [-0.15, -0.1) is 0 Å². The third kappa shape index (κ3) is 3.92. The lowest BCUT2D eigenvalue weighted by Crippen LogP contribution is -2.21. The molecule has 2 aliphatic rings. The van der Waals surface area contributed by atoms with Gasteiger partial charge in [0.15, 0.2) is 11.5 Å². The number of hydrogen-bond acceptors (Lipinski definition) is 5. The van der Waals surface area contributed by atoms with Crippen LogP contribution in [0.5, 0.6) is 11.5 Å². The maximum atomic E-state index is 11.6. The van der Waals surface area contributed by atoms with Gasteiger partial charge in [-0.2, -0.15) is 0 Å². The molecule has 6 nitrogen and oxygen atoms in total. The van der Waals surface area contributed by atoms with E-state index < -0.39 is 0 Å². The van der Waals surface area contributed by atoms with Crippen LogP contribution < -0.4 is 14.8 Å². The number of likely N-dealkylation sites (tertiary alicyclic amines) is 1. The van der Waals surface area contributed by atoms with Crippen molar-refractivity contribution in [2.75, 3.05) is 38.7 Å². The van der Waals surface area contributed by atoms with Gasteiger partial charge in [-0.05, 0) is 68.8 Å². The van der Waals surface area contributed by atoms with E-state index in [2.05, 4.69) is 10.2 Å². The summed E-state index contributed by atoms with van der Waals surface area (Å²) in [4.78, 5) is 18.8. The molecule has 2 aromatic rings. The number of pyridine rings is 1. The summed E-state index contributed by atoms with van der Waals surface area (Å²) in [6.07, 6.45) is 6.65. The van der Waals surface area contributed by atoms with E-state index in [4.69, 9.17) is 14.5 Å². The Hall–Kier alpha value is -2.34. The SMILES string of the molecule is COc1cc2c3c(c(NC(C)=O)nc2cc1OCCCN1CCCC1)CCC3. The maximum Gasteiger partial charge on any atom is 0.222 e. The highest BCUT2D eigenvalue weighted by Crippen LogP contribution is 2.39. The summed E-state index contributed by atoms with van der Waals surface area (Å²) >= 11 is 0. The monoisotopic (exact) mass is 383 g/mol. The molecular formula is C22H29N3O3. The van der Waals surface area contributed by atoms with E-state index in [0.717, 1.165) is 60.2 Å². The summed E-state index contributed by atoms with van der Waals surface area (Å²) in [7, 11) is 1.68. The Kier molecular flexibility index (Phi) is 5.67. The minimum atomic E-state index is -0.0900. The Balaban J connectivity index is 1.57. The van der Waals surface area contributed by atoms with Crippen molar-refractivity contribution in [3.05, 3.63) is 23.3 Å². The van der Waals surface area contributed by atoms with Gasteiger partial charge in [0.1, 0.15) is 5.82 Å². The topological polar surface area (TPSA) is 63.7 Å². The zero-order chi connectivity index (χ0) is 19.5. The standard InChI is InChI=1S/C22H29N3O3/c1-15(26)23-22-17-8-5-7-16(17)18-13-20(27-2)21(14-19(18)24-22)28-12-6-11-25-9-3-4-10-25/h13-14H,3-12H2,1-2H3,(H,23,24,26). The van der Waals surface area contributed by atoms with Gasteiger partial charge in [-0.25, -0.2) is 4.98 Å². The van der Waals surface area contributed by atoms with Crippen LogP contribution in [0.25, 0.3) is 10.9 Å². The predicted molar refractivity (Wildman–Crippen MR) is 110 cm³/mol. The third-order valence-corrected chi connectivity index (χ3v) is 5.71. The minimum absolute atomic E-state index is 0.0900. The second kappa shape index (κ2) is 8.35. The molecule has 2 heterocycles. The van der Waals surface area contributed by atoms with E-state index in [1.165, 1.54) is 38.4 Å². The summed E-state index contributed by atoms with van der Waals surface area (Å²) in [5.41, 5.74) is 3.27. The largest absolute Gasteiger partial charge is 0.493 e. The van der Waals surface area contributed by atoms with Gasteiger partial charge in [0.05, 0.1) is 19.2 Å². The first-order valence-corrected chi connectivity index (χ1v) is 10.3. The lowest BCUT2D eigenvalue weighted by molar-refractivity contribution is -0.114. The minimum Gasteiger partial charge on any atom is -0.493 e. The molecule has 1 aliphatic heterocycles. The van der Waals surface area contributed by atoms with Crippen molar-refractivity contribution in [3.63, 3.8) is 0 Å². The fourth-order valence-corrected chi connectivity index (χ4v) is 4.39. The zero-order valence-electron chi connectivity index (χ0n) is 16.8. The fraction of sp³-hybridized carbons (Fsp3) is 0.545. The highest BCUT2D eigenvalue weighted by atomic mass is 16.5. The highest BCUT2D eigenvalue weighted by molar-refractivity contribution is 5.94. The average Bonchev–Trinajstić information content (AvgIpc) is 3.36. The van der Waals surface area contributed by atoms with Gasteiger partial charge in [-0.3, -0.25) is 4.79 Å². The average molecular weight is 383 g/mol. The third-order valence-electron chi connectivity index (χ3n) is 5.71. The number of nitrogens with one attached hydrogen (secondary N) is 1. The highest BCUT2D eigenvalue weighted by Gasteiger charge is 2.22. The van der Waals surface area contributed by atoms with Crippen LogP contribution in [-0.2, 0) is 17.6 Å². The number of aromatic nitrogens is 1. The number of carbonyl (C=O) groups is 1. The number of fused-ring (bicyclic) bond motifs is 3. The van der Waals surface area contributed by atoms with E-state index in [-0.39, 0.29) is 5.91 Å². The van der Waals surface area contributed by atoms with Gasteiger partial charge in [-0.1, -0.05) is 0 Å². The van der Waals surface area contributed by atoms with Gasteiger partial charge < -0.3 is 19.7 Å². The molecule has 28 heavy (non-hydrogen) atoms. The number of hydrogen-bond donors (Lipinski definition) is 1. The molecule has 0 unspecified atom stereocenters. The number of carbonyl (C=O) groups excluding carboxylic acids is 1. The summed E-state index contributed by atoms with van der Waals surface area (Å²) < 4.78 is 11.7. The van der Waals surface area contributed by atoms with Crippen LogP contribution in [0.3, 0.4) is 0 Å². The molecule has 1 aliphatic carbocycles. The quantitative estimate of drug-likeness (QED) is 0.741. The molecule has 0 bridgehead atoms. The maximum absolute atomic E-state index is 11.6. The van der Waals surface area contributed by atoms with E-state index in [0.29, 0.717) is 12.4 Å². The number of ether oxygens (including phenoxy) is 2. The molecule has 1 saturated heterocycles. The lowest BCUT2D eigenvalue weighted by Gasteiger charge is -2.17. The van der Waals surface area contributed by atoms with Crippen LogP contribution in [0.4, 0.5) is 5.82 Å². The molecule has 1 aromatic carbocycles. The van der Waals surface area contributed by atoms with Crippen LogP contribution in [0, 0.1) is 0 Å². The number of aryl methyl sites for hydroxylation is 1. The second-order valence-electron chi connectivity index (χ2n) is 7.72. The fourth-order valence-electron chi connectivity index (χ4n) is 4.39. The van der Waals surface area contributed by atoms with Crippen molar-refractivity contribution in [1.29, 1.82) is 0 Å². The number of amides is 1. The molecule has 1 aromatic heterocycles. The number of rotatable bonds is 7. The summed E-state index contributed by atoms with van der Waals surface area (Å²) in [6.45, 7) is 5.67. The smallest absolute Gasteiger partial charge is 0.222 e. The Morgan fingerprint density at radius 1 is 1.14 bits per heavy atom. The summed E-state index contributed by atoms with van der Waals surface area (Å²) in [6, 6.07) is 3.99. The molecule has 1 amide bonds. The van der Waals surface area contributed by atoms with Gasteiger partial charge in [0, 0.05) is 24.9 Å². The van der Waals surface area contributed by atoms with E-state index in [9.17, 15) is 4.79 Å². The van der Waals surface area contributed by atoms with E-state index in [1.54, 1.807) is 7.11 Å². The van der Waals surface area contributed by atoms with Crippen LogP contribution in [0.2, 0.25) is 0 Å². The first-order chi connectivity index (χ1) is 13.7. The molecule has 150 valence electrons. The normalized spacial score (nSPS) is 16.4. The van der Waals surface area contributed by atoms with Gasteiger partial charge >= 0.3 is 0 Å². The van der Waals surface area contributed by atoms with Crippen molar-refractivity contribution >= 4 is 22.6 Å². The van der Waals surface area contributed by atoms with Crippen LogP contribution in [0.1, 0.15) is 43.7 Å². The van der Waals surface area contributed by atoms with Crippen molar-refractivity contribution in [1.82, 2.24) is 9.88 Å². The van der Waals surface area contributed by atoms with Crippen molar-refractivity contribution < 1.29 is 14.3 Å². The summed E-state index contributed by atoms with van der Waals surface area (Å²) in [5.74, 6) is 2.07. The molecule has 6 heteroatoms. The molecule has 0 radical (unpaired) electrons. The molecule has 0 spiro atoms. The molecule has 1 fully saturated rings. The molecule has 0 atom stereocenters. The van der Waals surface area contributed by atoms with Crippen molar-refractivity contribution in [3.8, 4) is 11.5 Å². The summed E-state index contributed by atoms with van der Waals surface area (Å²) in [5, 5.41) is 4.00. The molecule has 4 rings (SSSR count). The Morgan fingerprint density at radius 3 is 2.68 bits per heavy atom. The Morgan fingerprint density at radius 2 is 1.93 bits per heavy atom. The molecule has 0 saturated carbocycles. The number of methoxy groups -OCH3 is 1. The van der Waals surface area contributed by atoms with Crippen LogP contribution >= 0.6 is 0 Å². The van der Waals surface area contributed by atoms with Crippen molar-refractivity contribution in [2.24, 2.45) is 0 Å². The van der Waals surface area contributed by atoms with Gasteiger partial charge in [0.25, 0.3) is 0 Å². The van der Waals surface area contributed by atoms with Crippen LogP contribution in [0.15, 0.2) is 12.1 Å². The number of anilines is 1. The predicted octanol–water partition coefficient (Wildman–Crippen LogP) is 3.56. The lowest BCUT2D eigenvalue weighted by atomic mass is 10.0. The van der Waals surface area contributed by atoms with E-state index in [1.807, 2.05) is 12.1 Å². The number of nitrogens with zero attached hydrogens (tertiary/aromatic N) is 2. The van der Waals surface area contributed by atoms with Crippen LogP contribution in [-0.4, -0.2) is 49.1 Å². The first kappa shape index (κ1) is 19.0. The first-order valence-electron chi connectivity index (χ1n) is 10.3. The van der Waals surface area contributed by atoms with E-state index >= 15 is 0 Å². The molecular weight excluding hydrogens is 354 g/mol. The number of benzene rings is 1.